The number of rotatable bonds is 4. The van der Waals surface area contributed by atoms with Crippen molar-refractivity contribution in [2.24, 2.45) is 46.3 Å². The van der Waals surface area contributed by atoms with Crippen molar-refractivity contribution in [2.45, 2.75) is 97.5 Å². The molecule has 4 rings (SSSR count). The molecule has 4 aliphatic carbocycles. The lowest BCUT2D eigenvalue weighted by atomic mass is 9.44. The molecule has 2 N–H and O–H groups in total. The zero-order chi connectivity index (χ0) is 19.4. The van der Waals surface area contributed by atoms with E-state index in [0.29, 0.717) is 46.8 Å². The fraction of sp³-hybridized carbons (Fsp3) is 0.958. The molecule has 0 radical (unpaired) electrons. The van der Waals surface area contributed by atoms with E-state index in [1.807, 2.05) is 0 Å². The smallest absolute Gasteiger partial charge is 0.303 e. The second kappa shape index (κ2) is 7.04. The number of carboxylic acids is 1. The quantitative estimate of drug-likeness (QED) is 0.680. The molecule has 154 valence electrons. The van der Waals surface area contributed by atoms with Crippen molar-refractivity contribution in [3.63, 3.8) is 0 Å². The van der Waals surface area contributed by atoms with Gasteiger partial charge in [-0.3, -0.25) is 4.79 Å². The molecule has 0 amide bonds. The molecular weight excluding hydrogens is 336 g/mol. The van der Waals surface area contributed by atoms with Crippen LogP contribution < -0.4 is 0 Å². The minimum Gasteiger partial charge on any atom is -0.481 e. The van der Waals surface area contributed by atoms with E-state index in [1.165, 1.54) is 51.4 Å². The summed E-state index contributed by atoms with van der Waals surface area (Å²) in [6.45, 7) is 7.33. The van der Waals surface area contributed by atoms with Crippen molar-refractivity contribution >= 4 is 5.97 Å². The molecule has 27 heavy (non-hydrogen) atoms. The van der Waals surface area contributed by atoms with Crippen LogP contribution in [0.25, 0.3) is 0 Å². The van der Waals surface area contributed by atoms with Crippen molar-refractivity contribution in [2.75, 3.05) is 0 Å². The van der Waals surface area contributed by atoms with Gasteiger partial charge >= 0.3 is 5.97 Å². The fourth-order valence-electron chi connectivity index (χ4n) is 8.78. The molecule has 4 aliphatic rings. The third-order valence-corrected chi connectivity index (χ3v) is 10.2. The number of hydrogen-bond donors (Lipinski definition) is 2. The van der Waals surface area contributed by atoms with Gasteiger partial charge in [0.15, 0.2) is 0 Å². The van der Waals surface area contributed by atoms with Gasteiger partial charge in [-0.05, 0) is 97.7 Å². The first kappa shape index (κ1) is 19.7. The van der Waals surface area contributed by atoms with Crippen LogP contribution in [0.5, 0.6) is 0 Å². The van der Waals surface area contributed by atoms with E-state index in [1.54, 1.807) is 0 Å². The largest absolute Gasteiger partial charge is 0.481 e. The first-order valence-corrected chi connectivity index (χ1v) is 11.7. The van der Waals surface area contributed by atoms with Crippen LogP contribution in [-0.4, -0.2) is 22.3 Å². The van der Waals surface area contributed by atoms with E-state index in [2.05, 4.69) is 20.8 Å². The lowest BCUT2D eigenvalue weighted by molar-refractivity contribution is -0.164. The summed E-state index contributed by atoms with van der Waals surface area (Å²) in [4.78, 5) is 11.0. The molecule has 0 saturated heterocycles. The highest BCUT2D eigenvalue weighted by atomic mass is 16.4. The molecule has 0 aliphatic heterocycles. The molecular formula is C24H40O3. The Labute approximate surface area is 165 Å². The maximum atomic E-state index is 11.2. The van der Waals surface area contributed by atoms with Gasteiger partial charge in [-0.2, -0.15) is 0 Å². The minimum absolute atomic E-state index is 0.108. The fourth-order valence-corrected chi connectivity index (χ4v) is 8.78. The molecule has 0 aromatic carbocycles. The summed E-state index contributed by atoms with van der Waals surface area (Å²) in [5, 5.41) is 20.3. The van der Waals surface area contributed by atoms with Gasteiger partial charge in [-0.25, -0.2) is 0 Å². The van der Waals surface area contributed by atoms with Gasteiger partial charge in [0.25, 0.3) is 0 Å². The van der Waals surface area contributed by atoms with Crippen LogP contribution in [0.4, 0.5) is 0 Å². The van der Waals surface area contributed by atoms with Gasteiger partial charge in [0.1, 0.15) is 0 Å². The van der Waals surface area contributed by atoms with Gasteiger partial charge < -0.3 is 10.2 Å². The number of aliphatic hydroxyl groups is 1. The van der Waals surface area contributed by atoms with Crippen molar-refractivity contribution in [3.05, 3.63) is 0 Å². The number of carbonyl (C=O) groups is 1. The van der Waals surface area contributed by atoms with Gasteiger partial charge in [0.05, 0.1) is 6.10 Å². The van der Waals surface area contributed by atoms with Gasteiger partial charge in [0, 0.05) is 6.42 Å². The molecule has 5 unspecified atom stereocenters. The number of aliphatic carboxylic acids is 1. The third kappa shape index (κ3) is 3.07. The zero-order valence-electron chi connectivity index (χ0n) is 17.6. The van der Waals surface area contributed by atoms with Gasteiger partial charge in [0.2, 0.25) is 0 Å². The average molecular weight is 377 g/mol. The Morgan fingerprint density at radius 3 is 2.52 bits per heavy atom. The highest BCUT2D eigenvalue weighted by Gasteiger charge is 2.62. The van der Waals surface area contributed by atoms with Crippen LogP contribution in [-0.2, 0) is 4.79 Å². The van der Waals surface area contributed by atoms with Crippen LogP contribution in [0.3, 0.4) is 0 Å². The Kier molecular flexibility index (Phi) is 5.15. The first-order valence-electron chi connectivity index (χ1n) is 11.7. The second-order valence-corrected chi connectivity index (χ2v) is 11.2. The van der Waals surface area contributed by atoms with Crippen LogP contribution in [0.2, 0.25) is 0 Å². The summed E-state index contributed by atoms with van der Waals surface area (Å²) in [7, 11) is 0. The summed E-state index contributed by atoms with van der Waals surface area (Å²) in [6, 6.07) is 0. The van der Waals surface area contributed by atoms with E-state index >= 15 is 0 Å². The number of hydrogen-bond acceptors (Lipinski definition) is 2. The molecule has 0 spiro atoms. The summed E-state index contributed by atoms with van der Waals surface area (Å²) in [6.07, 6.45) is 12.5. The molecule has 3 heteroatoms. The van der Waals surface area contributed by atoms with Crippen molar-refractivity contribution in [1.82, 2.24) is 0 Å². The maximum Gasteiger partial charge on any atom is 0.303 e. The number of fused-ring (bicyclic) bond motifs is 5. The minimum atomic E-state index is -0.663. The van der Waals surface area contributed by atoms with E-state index in [-0.39, 0.29) is 6.10 Å². The summed E-state index contributed by atoms with van der Waals surface area (Å²) < 4.78 is 0. The van der Waals surface area contributed by atoms with E-state index in [9.17, 15) is 9.90 Å². The lowest BCUT2D eigenvalue weighted by Gasteiger charge is -2.62. The van der Waals surface area contributed by atoms with Crippen molar-refractivity contribution in [1.29, 1.82) is 0 Å². The molecule has 4 fully saturated rings. The monoisotopic (exact) mass is 376 g/mol. The van der Waals surface area contributed by atoms with Crippen LogP contribution >= 0.6 is 0 Å². The van der Waals surface area contributed by atoms with E-state index in [0.717, 1.165) is 18.8 Å². The Bertz CT molecular complexity index is 574. The van der Waals surface area contributed by atoms with E-state index < -0.39 is 5.97 Å². The maximum absolute atomic E-state index is 11.2. The van der Waals surface area contributed by atoms with Gasteiger partial charge in [-0.15, -0.1) is 0 Å². The van der Waals surface area contributed by atoms with Crippen molar-refractivity contribution in [3.8, 4) is 0 Å². The Morgan fingerprint density at radius 2 is 1.78 bits per heavy atom. The van der Waals surface area contributed by atoms with Gasteiger partial charge in [-0.1, -0.05) is 33.6 Å². The molecule has 9 atom stereocenters. The summed E-state index contributed by atoms with van der Waals surface area (Å²) in [5.41, 5.74) is 0.758. The molecule has 0 aromatic rings. The lowest BCUT2D eigenvalue weighted by Crippen LogP contribution is -2.57. The second-order valence-electron chi connectivity index (χ2n) is 11.2. The standard InChI is InChI=1S/C24H40O3/c1-15(7-10-21(26)27)17-8-9-18-22-19(11-13-24(17,18)3)23(2)12-5-4-6-16(23)14-20(22)25/h15-20,22,25H,4-14H2,1-3H3,(H,26,27)/t15-,16?,17?,18?,19?,20+,22+,23+,24?/m1/s1. The van der Waals surface area contributed by atoms with E-state index in [4.69, 9.17) is 5.11 Å². The van der Waals surface area contributed by atoms with Crippen molar-refractivity contribution < 1.29 is 15.0 Å². The SMILES string of the molecule is C[C@H](CCC(=O)O)C1CCC2[C@H]3C(CCC21C)[C@@]1(C)CCCCC1C[C@@H]3O. The summed E-state index contributed by atoms with van der Waals surface area (Å²) in [5.74, 6) is 3.02. The zero-order valence-corrected chi connectivity index (χ0v) is 17.6. The third-order valence-electron chi connectivity index (χ3n) is 10.2. The predicted octanol–water partition coefficient (Wildman–Crippen LogP) is 5.51. The molecule has 4 saturated carbocycles. The van der Waals surface area contributed by atoms with Crippen LogP contribution in [0, 0.1) is 46.3 Å². The number of carboxylic acid groups (broad SMARTS) is 1. The molecule has 0 bridgehead atoms. The Morgan fingerprint density at radius 1 is 1.04 bits per heavy atom. The molecule has 3 nitrogen and oxygen atoms in total. The Balaban J connectivity index is 1.56. The average Bonchev–Trinajstić information content (AvgIpc) is 2.97. The predicted molar refractivity (Wildman–Crippen MR) is 107 cm³/mol. The highest BCUT2D eigenvalue weighted by Crippen LogP contribution is 2.68. The molecule has 0 aromatic heterocycles. The highest BCUT2D eigenvalue weighted by molar-refractivity contribution is 5.66. The van der Waals surface area contributed by atoms with Crippen LogP contribution in [0.1, 0.15) is 91.4 Å². The Hall–Kier alpha value is -0.570. The van der Waals surface area contributed by atoms with Crippen LogP contribution in [0.15, 0.2) is 0 Å². The number of aliphatic hydroxyl groups excluding tert-OH is 1. The first-order chi connectivity index (χ1) is 12.8. The molecule has 0 heterocycles. The summed E-state index contributed by atoms with van der Waals surface area (Å²) >= 11 is 0. The normalized spacial score (nSPS) is 50.4. The topological polar surface area (TPSA) is 57.5 Å².